The number of hydrogen-bond donors (Lipinski definition) is 1. The molecule has 2 amide bonds. The van der Waals surface area contributed by atoms with Crippen molar-refractivity contribution >= 4 is 51.7 Å². The van der Waals surface area contributed by atoms with Crippen LogP contribution in [0.1, 0.15) is 12.0 Å². The van der Waals surface area contributed by atoms with Crippen LogP contribution in [0.25, 0.3) is 0 Å². The highest BCUT2D eigenvalue weighted by Crippen LogP contribution is 2.32. The summed E-state index contributed by atoms with van der Waals surface area (Å²) < 4.78 is 24.7. The molecule has 0 aliphatic carbocycles. The minimum Gasteiger partial charge on any atom is -0.493 e. The van der Waals surface area contributed by atoms with Gasteiger partial charge < -0.3 is 14.8 Å². The minimum absolute atomic E-state index is 0.0451. The van der Waals surface area contributed by atoms with Crippen LogP contribution in [-0.4, -0.2) is 47.9 Å². The first-order valence-corrected chi connectivity index (χ1v) is 12.7. The van der Waals surface area contributed by atoms with Crippen molar-refractivity contribution in [2.75, 3.05) is 26.1 Å². The van der Waals surface area contributed by atoms with Crippen molar-refractivity contribution in [2.24, 2.45) is 4.99 Å². The Bertz CT molecular complexity index is 1320. The number of benzene rings is 3. The Hall–Kier alpha value is -3.56. The third-order valence-corrected chi connectivity index (χ3v) is 7.13. The van der Waals surface area contributed by atoms with Crippen LogP contribution in [0.2, 0.25) is 5.02 Å². The number of carbonyl (C=O) groups is 2. The number of thioether (sulfide) groups is 1. The first kappa shape index (κ1) is 26.5. The Morgan fingerprint density at radius 1 is 1.11 bits per heavy atom. The number of anilines is 1. The van der Waals surface area contributed by atoms with Gasteiger partial charge in [0.05, 0.1) is 25.6 Å². The van der Waals surface area contributed by atoms with Crippen LogP contribution >= 0.6 is 23.4 Å². The summed E-state index contributed by atoms with van der Waals surface area (Å²) in [6, 6.07) is 18.3. The number of amides is 2. The average molecular weight is 542 g/mol. The van der Waals surface area contributed by atoms with Gasteiger partial charge in [0.25, 0.3) is 0 Å². The summed E-state index contributed by atoms with van der Waals surface area (Å²) in [6.07, 6.45) is 0.481. The molecule has 1 N–H and O–H groups in total. The second kappa shape index (κ2) is 12.1. The lowest BCUT2D eigenvalue weighted by molar-refractivity contribution is -0.129. The number of nitrogens with zero attached hydrogens (tertiary/aromatic N) is 2. The molecule has 1 atom stereocenters. The molecule has 37 heavy (non-hydrogen) atoms. The molecule has 192 valence electrons. The van der Waals surface area contributed by atoms with Crippen LogP contribution < -0.4 is 14.8 Å². The number of para-hydroxylation sites is 1. The number of methoxy groups -OCH3 is 2. The Balaban J connectivity index is 1.56. The van der Waals surface area contributed by atoms with E-state index < -0.39 is 17.0 Å². The summed E-state index contributed by atoms with van der Waals surface area (Å²) in [4.78, 5) is 32.4. The number of aliphatic imine (C=N–C) groups is 1. The van der Waals surface area contributed by atoms with E-state index in [1.807, 2.05) is 18.2 Å². The van der Waals surface area contributed by atoms with Gasteiger partial charge in [-0.1, -0.05) is 41.6 Å². The van der Waals surface area contributed by atoms with Gasteiger partial charge >= 0.3 is 0 Å². The predicted octanol–water partition coefficient (Wildman–Crippen LogP) is 5.70. The van der Waals surface area contributed by atoms with Gasteiger partial charge in [-0.3, -0.25) is 14.5 Å². The van der Waals surface area contributed by atoms with Crippen LogP contribution in [0.15, 0.2) is 71.7 Å². The molecule has 1 saturated heterocycles. The van der Waals surface area contributed by atoms with Crippen LogP contribution in [0.4, 0.5) is 15.8 Å². The van der Waals surface area contributed by atoms with Gasteiger partial charge in [-0.2, -0.15) is 0 Å². The Morgan fingerprint density at radius 2 is 1.84 bits per heavy atom. The molecule has 10 heteroatoms. The topological polar surface area (TPSA) is 80.2 Å². The van der Waals surface area contributed by atoms with Crippen molar-refractivity contribution in [3.05, 3.63) is 83.1 Å². The van der Waals surface area contributed by atoms with E-state index in [2.05, 4.69) is 10.3 Å². The van der Waals surface area contributed by atoms with E-state index in [0.717, 1.165) is 5.56 Å². The maximum atomic E-state index is 14.1. The second-order valence-electron chi connectivity index (χ2n) is 8.14. The number of amidine groups is 1. The van der Waals surface area contributed by atoms with E-state index in [-0.39, 0.29) is 18.0 Å². The van der Waals surface area contributed by atoms with E-state index in [4.69, 9.17) is 21.1 Å². The molecule has 1 aliphatic heterocycles. The number of nitrogens with one attached hydrogen (secondary N) is 1. The van der Waals surface area contributed by atoms with Crippen molar-refractivity contribution in [1.82, 2.24) is 4.90 Å². The molecule has 0 saturated carbocycles. The summed E-state index contributed by atoms with van der Waals surface area (Å²) in [5, 5.41) is 2.76. The van der Waals surface area contributed by atoms with Crippen molar-refractivity contribution in [2.45, 2.75) is 18.1 Å². The lowest BCUT2D eigenvalue weighted by Gasteiger charge is -2.32. The number of carbonyl (C=O) groups excluding carboxylic acids is 2. The third kappa shape index (κ3) is 6.61. The number of rotatable bonds is 8. The zero-order valence-corrected chi connectivity index (χ0v) is 21.8. The Morgan fingerprint density at radius 3 is 2.54 bits per heavy atom. The normalized spacial score (nSPS) is 16.5. The van der Waals surface area contributed by atoms with Crippen LogP contribution in [0.5, 0.6) is 11.5 Å². The van der Waals surface area contributed by atoms with Gasteiger partial charge in [-0.05, 0) is 60.5 Å². The van der Waals surface area contributed by atoms with Gasteiger partial charge in [-0.25, -0.2) is 9.38 Å². The van der Waals surface area contributed by atoms with Crippen LogP contribution in [-0.2, 0) is 16.0 Å². The third-order valence-electron chi connectivity index (χ3n) is 5.69. The van der Waals surface area contributed by atoms with Gasteiger partial charge in [-0.15, -0.1) is 0 Å². The largest absolute Gasteiger partial charge is 0.493 e. The van der Waals surface area contributed by atoms with E-state index >= 15 is 0 Å². The Kier molecular flexibility index (Phi) is 8.68. The zero-order valence-electron chi connectivity index (χ0n) is 20.2. The predicted molar refractivity (Wildman–Crippen MR) is 145 cm³/mol. The summed E-state index contributed by atoms with van der Waals surface area (Å²) >= 11 is 7.17. The molecule has 3 aromatic carbocycles. The quantitative estimate of drug-likeness (QED) is 0.396. The van der Waals surface area contributed by atoms with E-state index in [1.54, 1.807) is 49.5 Å². The minimum atomic E-state index is -0.768. The molecule has 0 bridgehead atoms. The molecular weight excluding hydrogens is 517 g/mol. The first-order chi connectivity index (χ1) is 17.9. The molecule has 1 aliphatic rings. The zero-order chi connectivity index (χ0) is 26.4. The number of hydrogen-bond acceptors (Lipinski definition) is 6. The van der Waals surface area contributed by atoms with E-state index in [1.165, 1.54) is 30.0 Å². The van der Waals surface area contributed by atoms with E-state index in [9.17, 15) is 14.0 Å². The molecule has 3 aromatic rings. The van der Waals surface area contributed by atoms with Crippen LogP contribution in [0.3, 0.4) is 0 Å². The summed E-state index contributed by atoms with van der Waals surface area (Å²) in [6.45, 7) is 0.343. The summed E-state index contributed by atoms with van der Waals surface area (Å²) in [5.41, 5.74) is 1.60. The smallest absolute Gasteiger partial charge is 0.238 e. The summed E-state index contributed by atoms with van der Waals surface area (Å²) in [7, 11) is 3.13. The number of ether oxygens (including phenoxy) is 2. The second-order valence-corrected chi connectivity index (χ2v) is 9.74. The molecular formula is C27H25ClFN3O4S. The van der Waals surface area contributed by atoms with Gasteiger partial charge in [0, 0.05) is 18.0 Å². The fourth-order valence-corrected chi connectivity index (χ4v) is 4.99. The fourth-order valence-electron chi connectivity index (χ4n) is 3.74. The average Bonchev–Trinajstić information content (AvgIpc) is 2.90. The maximum absolute atomic E-state index is 14.1. The summed E-state index contributed by atoms with van der Waals surface area (Å²) in [5.74, 6) is -0.0501. The standard InChI is InChI=1S/C27H25ClFN3O4S/c1-35-22-12-7-17(15-23(22)36-2)13-14-32-25(33)16-24(26(34)31-21-6-4-3-5-20(21)29)37-27(32)30-19-10-8-18(28)9-11-19/h3-12,15,24H,13-14,16H2,1-2H3,(H,31,34). The van der Waals surface area contributed by atoms with Crippen molar-refractivity contribution in [1.29, 1.82) is 0 Å². The van der Waals surface area contributed by atoms with E-state index in [0.29, 0.717) is 40.3 Å². The molecule has 7 nitrogen and oxygen atoms in total. The number of halogens is 2. The molecule has 1 heterocycles. The fraction of sp³-hybridized carbons (Fsp3) is 0.222. The van der Waals surface area contributed by atoms with Gasteiger partial charge in [0.2, 0.25) is 11.8 Å². The molecule has 0 radical (unpaired) electrons. The highest BCUT2D eigenvalue weighted by molar-refractivity contribution is 8.15. The van der Waals surface area contributed by atoms with Gasteiger partial charge in [0.1, 0.15) is 11.1 Å². The lowest BCUT2D eigenvalue weighted by atomic mass is 10.1. The monoisotopic (exact) mass is 541 g/mol. The maximum Gasteiger partial charge on any atom is 0.238 e. The van der Waals surface area contributed by atoms with Gasteiger partial charge in [0.15, 0.2) is 16.7 Å². The first-order valence-electron chi connectivity index (χ1n) is 11.5. The molecule has 4 rings (SSSR count). The van der Waals surface area contributed by atoms with Crippen molar-refractivity contribution in [3.8, 4) is 11.5 Å². The lowest BCUT2D eigenvalue weighted by Crippen LogP contribution is -2.46. The Labute approximate surface area is 223 Å². The van der Waals surface area contributed by atoms with Crippen molar-refractivity contribution < 1.29 is 23.5 Å². The highest BCUT2D eigenvalue weighted by atomic mass is 35.5. The van der Waals surface area contributed by atoms with Crippen LogP contribution in [0, 0.1) is 5.82 Å². The SMILES string of the molecule is COc1ccc(CCN2C(=O)CC(C(=O)Nc3ccccc3F)SC2=Nc2ccc(Cl)cc2)cc1OC. The molecule has 0 spiro atoms. The molecule has 1 unspecified atom stereocenters. The molecule has 0 aromatic heterocycles. The van der Waals surface area contributed by atoms with Crippen molar-refractivity contribution in [3.63, 3.8) is 0 Å². The molecule has 1 fully saturated rings. The highest BCUT2D eigenvalue weighted by Gasteiger charge is 2.36.